The van der Waals surface area contributed by atoms with Gasteiger partial charge in [0.15, 0.2) is 0 Å². The van der Waals surface area contributed by atoms with E-state index in [1.807, 2.05) is 43.3 Å². The van der Waals surface area contributed by atoms with Crippen LogP contribution in [0.25, 0.3) is 0 Å². The van der Waals surface area contributed by atoms with Gasteiger partial charge in [-0.25, -0.2) is 9.78 Å². The third kappa shape index (κ3) is 5.32. The molecule has 0 radical (unpaired) electrons. The summed E-state index contributed by atoms with van der Waals surface area (Å²) in [5, 5.41) is 5.67. The van der Waals surface area contributed by atoms with Crippen LogP contribution >= 0.6 is 0 Å². The number of carbonyl (C=O) groups is 1. The Morgan fingerprint density at radius 1 is 1.20 bits per heavy atom. The molecule has 0 spiro atoms. The molecule has 0 aliphatic rings. The first-order valence-electron chi connectivity index (χ1n) is 7.73. The fourth-order valence-electron chi connectivity index (χ4n) is 2.32. The summed E-state index contributed by atoms with van der Waals surface area (Å²) in [7, 11) is 7.00. The van der Waals surface area contributed by atoms with E-state index >= 15 is 0 Å². The fraction of sp³-hybridized carbons (Fsp3) is 0.353. The van der Waals surface area contributed by atoms with Crippen molar-refractivity contribution >= 4 is 11.7 Å². The zero-order valence-electron chi connectivity index (χ0n) is 14.8. The van der Waals surface area contributed by atoms with E-state index in [1.165, 1.54) is 19.6 Å². The third-order valence-electron chi connectivity index (χ3n) is 3.49. The maximum absolute atomic E-state index is 12.4. The summed E-state index contributed by atoms with van der Waals surface area (Å²) in [6.45, 7) is 0.641. The summed E-state index contributed by atoms with van der Waals surface area (Å²) in [4.78, 5) is 22.2. The number of nitrogens with zero attached hydrogens (tertiary/aromatic N) is 3. The summed E-state index contributed by atoms with van der Waals surface area (Å²) in [6.07, 6.45) is 2.84. The Morgan fingerprint density at radius 2 is 1.92 bits per heavy atom. The Bertz CT molecular complexity index is 691. The van der Waals surface area contributed by atoms with Crippen molar-refractivity contribution in [1.29, 1.82) is 0 Å². The molecule has 0 aliphatic heterocycles. The van der Waals surface area contributed by atoms with Crippen LogP contribution in [-0.4, -0.2) is 55.8 Å². The molecule has 0 saturated heterocycles. The van der Waals surface area contributed by atoms with E-state index in [0.717, 1.165) is 11.3 Å². The second-order valence-electron chi connectivity index (χ2n) is 5.63. The molecule has 0 aliphatic carbocycles. The Labute approximate surface area is 147 Å². The van der Waals surface area contributed by atoms with Gasteiger partial charge in [0.2, 0.25) is 5.88 Å². The normalized spacial score (nSPS) is 11.7. The molecular formula is C17H23N5O3. The zero-order chi connectivity index (χ0) is 18.2. The molecule has 1 aromatic heterocycles. The van der Waals surface area contributed by atoms with E-state index in [2.05, 4.69) is 20.6 Å². The predicted octanol–water partition coefficient (Wildman–Crippen LogP) is 1.92. The summed E-state index contributed by atoms with van der Waals surface area (Å²) < 4.78 is 10.3. The number of hydrogen-bond acceptors (Lipinski definition) is 6. The fourth-order valence-corrected chi connectivity index (χ4v) is 2.32. The first kappa shape index (κ1) is 18.5. The van der Waals surface area contributed by atoms with Crippen LogP contribution in [0, 0.1) is 0 Å². The van der Waals surface area contributed by atoms with Gasteiger partial charge >= 0.3 is 6.03 Å². The average Bonchev–Trinajstić information content (AvgIpc) is 2.61. The number of nitrogens with one attached hydrogen (secondary N) is 2. The highest BCUT2D eigenvalue weighted by Crippen LogP contribution is 2.20. The minimum atomic E-state index is -0.365. The Kier molecular flexibility index (Phi) is 6.53. The molecule has 134 valence electrons. The van der Waals surface area contributed by atoms with Gasteiger partial charge in [-0.1, -0.05) is 12.1 Å². The number of aromatic nitrogens is 2. The lowest BCUT2D eigenvalue weighted by molar-refractivity contribution is 0.244. The predicted molar refractivity (Wildman–Crippen MR) is 95.0 cm³/mol. The smallest absolute Gasteiger partial charge is 0.319 e. The number of carbonyl (C=O) groups excluding carboxylic acids is 1. The number of amides is 2. The van der Waals surface area contributed by atoms with Crippen molar-refractivity contribution in [3.05, 3.63) is 42.4 Å². The highest BCUT2D eigenvalue weighted by atomic mass is 16.5. The van der Waals surface area contributed by atoms with Gasteiger partial charge in [-0.2, -0.15) is 4.98 Å². The maximum Gasteiger partial charge on any atom is 0.319 e. The van der Waals surface area contributed by atoms with E-state index in [9.17, 15) is 4.79 Å². The van der Waals surface area contributed by atoms with Gasteiger partial charge in [-0.3, -0.25) is 0 Å². The van der Waals surface area contributed by atoms with Crippen LogP contribution in [0.5, 0.6) is 11.6 Å². The highest BCUT2D eigenvalue weighted by molar-refractivity contribution is 5.90. The topological polar surface area (TPSA) is 88.6 Å². The number of likely N-dealkylation sites (N-methyl/N-ethyl adjacent to an activating group) is 1. The summed E-state index contributed by atoms with van der Waals surface area (Å²) >= 11 is 0. The first-order chi connectivity index (χ1) is 12.0. The van der Waals surface area contributed by atoms with E-state index in [1.54, 1.807) is 7.11 Å². The Balaban J connectivity index is 2.11. The van der Waals surface area contributed by atoms with Crippen molar-refractivity contribution in [2.45, 2.75) is 6.04 Å². The quantitative estimate of drug-likeness (QED) is 0.797. The van der Waals surface area contributed by atoms with Crippen molar-refractivity contribution in [2.75, 3.05) is 40.2 Å². The molecule has 2 N–H and O–H groups in total. The number of anilines is 1. The van der Waals surface area contributed by atoms with Gasteiger partial charge in [0, 0.05) is 6.54 Å². The number of benzene rings is 1. The van der Waals surface area contributed by atoms with Gasteiger partial charge in [0.1, 0.15) is 17.8 Å². The molecule has 8 heteroatoms. The van der Waals surface area contributed by atoms with E-state index in [-0.39, 0.29) is 12.1 Å². The molecular weight excluding hydrogens is 322 g/mol. The van der Waals surface area contributed by atoms with E-state index in [0.29, 0.717) is 18.1 Å². The van der Waals surface area contributed by atoms with E-state index < -0.39 is 0 Å². The molecule has 1 heterocycles. The van der Waals surface area contributed by atoms with Crippen LogP contribution in [-0.2, 0) is 0 Å². The molecule has 25 heavy (non-hydrogen) atoms. The minimum absolute atomic E-state index is 0.198. The van der Waals surface area contributed by atoms with Crippen molar-refractivity contribution in [3.8, 4) is 11.6 Å². The van der Waals surface area contributed by atoms with E-state index in [4.69, 9.17) is 9.47 Å². The minimum Gasteiger partial charge on any atom is -0.497 e. The van der Waals surface area contributed by atoms with Gasteiger partial charge < -0.3 is 25.0 Å². The van der Waals surface area contributed by atoms with Gasteiger partial charge in [0.05, 0.1) is 26.5 Å². The molecule has 0 bridgehead atoms. The van der Waals surface area contributed by atoms with Gasteiger partial charge in [-0.15, -0.1) is 0 Å². The van der Waals surface area contributed by atoms with Crippen LogP contribution in [0.3, 0.4) is 0 Å². The van der Waals surface area contributed by atoms with Crippen LogP contribution in [0.1, 0.15) is 11.6 Å². The second-order valence-corrected chi connectivity index (χ2v) is 5.63. The molecule has 0 unspecified atom stereocenters. The molecule has 2 amide bonds. The van der Waals surface area contributed by atoms with Crippen LogP contribution in [0.4, 0.5) is 10.5 Å². The molecule has 8 nitrogen and oxygen atoms in total. The van der Waals surface area contributed by atoms with Crippen LogP contribution in [0.2, 0.25) is 0 Å². The lowest BCUT2D eigenvalue weighted by Gasteiger charge is -2.23. The molecule has 0 fully saturated rings. The highest BCUT2D eigenvalue weighted by Gasteiger charge is 2.17. The van der Waals surface area contributed by atoms with Crippen LogP contribution < -0.4 is 20.1 Å². The van der Waals surface area contributed by atoms with Crippen molar-refractivity contribution in [3.63, 3.8) is 0 Å². The maximum atomic E-state index is 12.4. The summed E-state index contributed by atoms with van der Waals surface area (Å²) in [6, 6.07) is 7.03. The number of urea groups is 1. The second kappa shape index (κ2) is 8.84. The van der Waals surface area contributed by atoms with Crippen LogP contribution in [0.15, 0.2) is 36.8 Å². The summed E-state index contributed by atoms with van der Waals surface area (Å²) in [5.41, 5.74) is 1.38. The lowest BCUT2D eigenvalue weighted by atomic mass is 10.1. The Morgan fingerprint density at radius 3 is 2.52 bits per heavy atom. The van der Waals surface area contributed by atoms with Crippen molar-refractivity contribution in [1.82, 2.24) is 20.2 Å². The van der Waals surface area contributed by atoms with Crippen molar-refractivity contribution in [2.24, 2.45) is 0 Å². The van der Waals surface area contributed by atoms with Gasteiger partial charge in [-0.05, 0) is 31.8 Å². The SMILES string of the molecule is COc1ccc([C@@H](CN(C)C)NC(=O)Nc2cncnc2OC)cc1. The van der Waals surface area contributed by atoms with Gasteiger partial charge in [0.25, 0.3) is 0 Å². The molecule has 1 atom stereocenters. The first-order valence-corrected chi connectivity index (χ1v) is 7.73. The zero-order valence-corrected chi connectivity index (χ0v) is 14.8. The number of hydrogen-bond donors (Lipinski definition) is 2. The molecule has 2 aromatic rings. The largest absolute Gasteiger partial charge is 0.497 e. The monoisotopic (exact) mass is 345 g/mol. The number of methoxy groups -OCH3 is 2. The number of ether oxygens (including phenoxy) is 2. The third-order valence-corrected chi connectivity index (χ3v) is 3.49. The average molecular weight is 345 g/mol. The lowest BCUT2D eigenvalue weighted by Crippen LogP contribution is -2.37. The van der Waals surface area contributed by atoms with Crippen molar-refractivity contribution < 1.29 is 14.3 Å². The molecule has 1 aromatic carbocycles. The summed E-state index contributed by atoms with van der Waals surface area (Å²) in [5.74, 6) is 1.07. The number of rotatable bonds is 7. The molecule has 2 rings (SSSR count). The Hall–Kier alpha value is -2.87. The molecule has 0 saturated carbocycles. The standard InChI is InChI=1S/C17H23N5O3/c1-22(2)10-15(12-5-7-13(24-3)8-6-12)21-17(23)20-14-9-18-11-19-16(14)25-4/h5-9,11,15H,10H2,1-4H3,(H2,20,21,23)/t15-/m1/s1.